The predicted octanol–water partition coefficient (Wildman–Crippen LogP) is 3.76. The van der Waals surface area contributed by atoms with Crippen LogP contribution in [0, 0.1) is 5.82 Å². The molecule has 0 saturated carbocycles. The van der Waals surface area contributed by atoms with Crippen LogP contribution in [0.5, 0.6) is 0 Å². The van der Waals surface area contributed by atoms with E-state index >= 15 is 0 Å². The highest BCUT2D eigenvalue weighted by Gasteiger charge is 2.05. The summed E-state index contributed by atoms with van der Waals surface area (Å²) in [6, 6.07) is 16.1. The third-order valence-corrected chi connectivity index (χ3v) is 3.23. The Morgan fingerprint density at radius 3 is 2.67 bits per heavy atom. The van der Waals surface area contributed by atoms with Crippen LogP contribution in [0.4, 0.5) is 4.39 Å². The Bertz CT molecular complexity index is 622. The van der Waals surface area contributed by atoms with E-state index in [1.807, 2.05) is 30.3 Å². The van der Waals surface area contributed by atoms with Gasteiger partial charge in [0.1, 0.15) is 5.82 Å². The first-order chi connectivity index (χ1) is 10.1. The Labute approximate surface area is 124 Å². The van der Waals surface area contributed by atoms with Crippen LogP contribution in [0.2, 0.25) is 0 Å². The van der Waals surface area contributed by atoms with Crippen LogP contribution in [-0.4, -0.2) is 12.5 Å². The minimum atomic E-state index is -0.310. The molecule has 1 amide bonds. The van der Waals surface area contributed by atoms with Crippen molar-refractivity contribution in [2.24, 2.45) is 0 Å². The third-order valence-electron chi connectivity index (χ3n) is 3.23. The summed E-state index contributed by atoms with van der Waals surface area (Å²) in [5.74, 6) is -0.241. The summed E-state index contributed by atoms with van der Waals surface area (Å²) in [5, 5.41) is 2.85. The lowest BCUT2D eigenvalue weighted by Crippen LogP contribution is -2.25. The van der Waals surface area contributed by atoms with Gasteiger partial charge >= 0.3 is 0 Å². The molecule has 1 N–H and O–H groups in total. The maximum Gasteiger partial charge on any atom is 0.244 e. The van der Waals surface area contributed by atoms with E-state index in [4.69, 9.17) is 0 Å². The van der Waals surface area contributed by atoms with Gasteiger partial charge in [-0.3, -0.25) is 4.79 Å². The second kappa shape index (κ2) is 7.39. The molecule has 0 spiro atoms. The molecule has 0 aliphatic heterocycles. The van der Waals surface area contributed by atoms with Gasteiger partial charge < -0.3 is 5.32 Å². The van der Waals surface area contributed by atoms with E-state index < -0.39 is 0 Å². The lowest BCUT2D eigenvalue weighted by molar-refractivity contribution is -0.116. The molecule has 2 aromatic rings. The van der Waals surface area contributed by atoms with Crippen molar-refractivity contribution in [3.63, 3.8) is 0 Å². The summed E-state index contributed by atoms with van der Waals surface area (Å²) in [7, 11) is 0. The van der Waals surface area contributed by atoms with Crippen LogP contribution < -0.4 is 5.32 Å². The number of halogens is 1. The summed E-state index contributed by atoms with van der Waals surface area (Å²) < 4.78 is 13.0. The van der Waals surface area contributed by atoms with Crippen LogP contribution in [0.1, 0.15) is 24.0 Å². The molecule has 0 bridgehead atoms. The molecule has 21 heavy (non-hydrogen) atoms. The molecule has 108 valence electrons. The number of carbonyl (C=O) groups is 1. The van der Waals surface area contributed by atoms with E-state index in [0.717, 1.165) is 0 Å². The van der Waals surface area contributed by atoms with Crippen molar-refractivity contribution in [1.29, 1.82) is 0 Å². The Kier molecular flexibility index (Phi) is 5.27. The third kappa shape index (κ3) is 4.88. The largest absolute Gasteiger partial charge is 0.352 e. The molecule has 0 heterocycles. The monoisotopic (exact) mass is 283 g/mol. The molecular formula is C18H18FNO. The molecule has 0 radical (unpaired) electrons. The van der Waals surface area contributed by atoms with E-state index in [9.17, 15) is 9.18 Å². The fraction of sp³-hybridized carbons (Fsp3) is 0.167. The summed E-state index contributed by atoms with van der Waals surface area (Å²) in [6.07, 6.45) is 3.03. The molecule has 0 saturated heterocycles. The SMILES string of the molecule is CC(CNC(=O)/C=C/c1cccc(F)c1)c1ccccc1. The van der Waals surface area contributed by atoms with E-state index in [0.29, 0.717) is 12.1 Å². The van der Waals surface area contributed by atoms with Gasteiger partial charge in [-0.05, 0) is 35.3 Å². The van der Waals surface area contributed by atoms with Gasteiger partial charge in [0.25, 0.3) is 0 Å². The second-order valence-corrected chi connectivity index (χ2v) is 4.95. The number of rotatable bonds is 5. The van der Waals surface area contributed by atoms with Crippen molar-refractivity contribution in [3.8, 4) is 0 Å². The molecule has 2 nitrogen and oxygen atoms in total. The highest BCUT2D eigenvalue weighted by Crippen LogP contribution is 2.13. The van der Waals surface area contributed by atoms with Crippen LogP contribution in [0.3, 0.4) is 0 Å². The minimum Gasteiger partial charge on any atom is -0.352 e. The molecule has 1 unspecified atom stereocenters. The number of hydrogen-bond donors (Lipinski definition) is 1. The zero-order valence-corrected chi connectivity index (χ0v) is 11.9. The number of hydrogen-bond acceptors (Lipinski definition) is 1. The fourth-order valence-electron chi connectivity index (χ4n) is 1.99. The zero-order chi connectivity index (χ0) is 15.1. The summed E-state index contributed by atoms with van der Waals surface area (Å²) in [6.45, 7) is 2.63. The normalized spacial score (nSPS) is 12.3. The summed E-state index contributed by atoms with van der Waals surface area (Å²) in [5.41, 5.74) is 1.85. The molecular weight excluding hydrogens is 265 g/mol. The molecule has 0 aromatic heterocycles. The van der Waals surface area contributed by atoms with Gasteiger partial charge in [0.05, 0.1) is 0 Å². The molecule has 3 heteroatoms. The first-order valence-electron chi connectivity index (χ1n) is 6.91. The average molecular weight is 283 g/mol. The average Bonchev–Trinajstić information content (AvgIpc) is 2.51. The highest BCUT2D eigenvalue weighted by atomic mass is 19.1. The van der Waals surface area contributed by atoms with Crippen molar-refractivity contribution in [2.75, 3.05) is 6.54 Å². The van der Waals surface area contributed by atoms with Crippen molar-refractivity contribution in [1.82, 2.24) is 5.32 Å². The van der Waals surface area contributed by atoms with Crippen LogP contribution in [-0.2, 0) is 4.79 Å². The maximum absolute atomic E-state index is 13.0. The Morgan fingerprint density at radius 1 is 1.19 bits per heavy atom. The maximum atomic E-state index is 13.0. The molecule has 2 aromatic carbocycles. The van der Waals surface area contributed by atoms with Gasteiger partial charge in [0, 0.05) is 12.6 Å². The van der Waals surface area contributed by atoms with Gasteiger partial charge in [-0.25, -0.2) is 4.39 Å². The Morgan fingerprint density at radius 2 is 1.95 bits per heavy atom. The smallest absolute Gasteiger partial charge is 0.244 e. The zero-order valence-electron chi connectivity index (χ0n) is 11.9. The summed E-state index contributed by atoms with van der Waals surface area (Å²) in [4.78, 5) is 11.7. The molecule has 0 fully saturated rings. The molecule has 2 rings (SSSR count). The predicted molar refractivity (Wildman–Crippen MR) is 83.3 cm³/mol. The van der Waals surface area contributed by atoms with Gasteiger partial charge in [0.2, 0.25) is 5.91 Å². The van der Waals surface area contributed by atoms with Crippen molar-refractivity contribution >= 4 is 12.0 Å². The number of amides is 1. The quantitative estimate of drug-likeness (QED) is 0.832. The first kappa shape index (κ1) is 15.0. The van der Waals surface area contributed by atoms with Crippen molar-refractivity contribution in [3.05, 3.63) is 77.6 Å². The van der Waals surface area contributed by atoms with Gasteiger partial charge in [0.15, 0.2) is 0 Å². The number of benzene rings is 2. The van der Waals surface area contributed by atoms with E-state index in [2.05, 4.69) is 12.2 Å². The Hall–Kier alpha value is -2.42. The van der Waals surface area contributed by atoms with Crippen molar-refractivity contribution < 1.29 is 9.18 Å². The molecule has 0 aliphatic carbocycles. The van der Waals surface area contributed by atoms with Crippen molar-refractivity contribution in [2.45, 2.75) is 12.8 Å². The van der Waals surface area contributed by atoms with Crippen LogP contribution in [0.25, 0.3) is 6.08 Å². The molecule has 1 atom stereocenters. The minimum absolute atomic E-state index is 0.179. The second-order valence-electron chi connectivity index (χ2n) is 4.95. The van der Waals surface area contributed by atoms with Crippen LogP contribution in [0.15, 0.2) is 60.7 Å². The van der Waals surface area contributed by atoms with Crippen LogP contribution >= 0.6 is 0 Å². The van der Waals surface area contributed by atoms with E-state index in [1.54, 1.807) is 18.2 Å². The first-order valence-corrected chi connectivity index (χ1v) is 6.91. The van der Waals surface area contributed by atoms with Gasteiger partial charge in [-0.15, -0.1) is 0 Å². The Balaban J connectivity index is 1.85. The lowest BCUT2D eigenvalue weighted by atomic mass is 10.0. The fourth-order valence-corrected chi connectivity index (χ4v) is 1.99. The number of nitrogens with one attached hydrogen (secondary N) is 1. The topological polar surface area (TPSA) is 29.1 Å². The highest BCUT2D eigenvalue weighted by molar-refractivity contribution is 5.91. The lowest BCUT2D eigenvalue weighted by Gasteiger charge is -2.11. The molecule has 0 aliphatic rings. The summed E-state index contributed by atoms with van der Waals surface area (Å²) >= 11 is 0. The van der Waals surface area contributed by atoms with E-state index in [-0.39, 0.29) is 17.6 Å². The van der Waals surface area contributed by atoms with Gasteiger partial charge in [-0.2, -0.15) is 0 Å². The van der Waals surface area contributed by atoms with Gasteiger partial charge in [-0.1, -0.05) is 49.4 Å². The standard InChI is InChI=1S/C18H18FNO/c1-14(16-7-3-2-4-8-16)13-20-18(21)11-10-15-6-5-9-17(19)12-15/h2-12,14H,13H2,1H3,(H,20,21)/b11-10+. The van der Waals surface area contributed by atoms with E-state index in [1.165, 1.54) is 23.8 Å². The number of carbonyl (C=O) groups excluding carboxylic acids is 1.